The number of benzene rings is 1. The van der Waals surface area contributed by atoms with Crippen LogP contribution in [0.25, 0.3) is 0 Å². The minimum absolute atomic E-state index is 0.339. The van der Waals surface area contributed by atoms with E-state index in [9.17, 15) is 9.59 Å². The fraction of sp³-hybridized carbons (Fsp3) is 0.385. The molecular weight excluding hydrogens is 248 g/mol. The summed E-state index contributed by atoms with van der Waals surface area (Å²) >= 11 is 0. The van der Waals surface area contributed by atoms with Crippen LogP contribution >= 0.6 is 0 Å². The van der Waals surface area contributed by atoms with Crippen LogP contribution in [0.5, 0.6) is 0 Å². The number of rotatable bonds is 5. The van der Waals surface area contributed by atoms with Crippen molar-refractivity contribution in [2.24, 2.45) is 0 Å². The quantitative estimate of drug-likeness (QED) is 0.642. The molecule has 0 heterocycles. The van der Waals surface area contributed by atoms with Crippen LogP contribution in [0, 0.1) is 6.92 Å². The number of urea groups is 1. The maximum absolute atomic E-state index is 11.6. The summed E-state index contributed by atoms with van der Waals surface area (Å²) in [5.74, 6) is -1.37. The molecule has 6 nitrogen and oxygen atoms in total. The summed E-state index contributed by atoms with van der Waals surface area (Å²) in [5, 5.41) is 22.5. The number of para-hydroxylation sites is 1. The van der Waals surface area contributed by atoms with E-state index in [1.54, 1.807) is 0 Å². The van der Waals surface area contributed by atoms with Gasteiger partial charge in [-0.1, -0.05) is 25.1 Å². The van der Waals surface area contributed by atoms with E-state index in [0.717, 1.165) is 17.5 Å². The highest BCUT2D eigenvalue weighted by atomic mass is 16.4. The van der Waals surface area contributed by atoms with E-state index in [0.29, 0.717) is 5.69 Å². The fourth-order valence-electron chi connectivity index (χ4n) is 1.64. The number of aryl methyl sites for hydroxylation is 2. The lowest BCUT2D eigenvalue weighted by molar-refractivity contribution is -0.146. The molecule has 0 saturated heterocycles. The molecule has 1 atom stereocenters. The number of anilines is 1. The minimum Gasteiger partial charge on any atom is -0.479 e. The number of hydrogen-bond donors (Lipinski definition) is 4. The molecule has 1 unspecified atom stereocenters. The third kappa shape index (κ3) is 4.26. The number of amides is 2. The number of hydrogen-bond acceptors (Lipinski definition) is 3. The molecule has 0 aromatic heterocycles. The SMILES string of the molecule is CCc1cccc(C)c1NC(=O)NCC(O)C(=O)O. The van der Waals surface area contributed by atoms with Crippen molar-refractivity contribution in [2.75, 3.05) is 11.9 Å². The normalized spacial score (nSPS) is 11.7. The molecule has 0 bridgehead atoms. The summed E-state index contributed by atoms with van der Waals surface area (Å²) < 4.78 is 0. The van der Waals surface area contributed by atoms with Crippen molar-refractivity contribution in [3.8, 4) is 0 Å². The van der Waals surface area contributed by atoms with Crippen LogP contribution < -0.4 is 10.6 Å². The van der Waals surface area contributed by atoms with E-state index in [1.807, 2.05) is 32.0 Å². The number of carbonyl (C=O) groups excluding carboxylic acids is 1. The predicted molar refractivity (Wildman–Crippen MR) is 71.2 cm³/mol. The number of carbonyl (C=O) groups is 2. The van der Waals surface area contributed by atoms with Crippen molar-refractivity contribution >= 4 is 17.7 Å². The van der Waals surface area contributed by atoms with Crippen LogP contribution in [0.4, 0.5) is 10.5 Å². The van der Waals surface area contributed by atoms with Crippen molar-refractivity contribution in [1.82, 2.24) is 5.32 Å². The highest BCUT2D eigenvalue weighted by Gasteiger charge is 2.14. The molecule has 0 spiro atoms. The summed E-state index contributed by atoms with van der Waals surface area (Å²) in [6.07, 6.45) is -0.831. The third-order valence-corrected chi connectivity index (χ3v) is 2.72. The van der Waals surface area contributed by atoms with E-state index in [2.05, 4.69) is 10.6 Å². The lowest BCUT2D eigenvalue weighted by atomic mass is 10.1. The van der Waals surface area contributed by atoms with Crippen molar-refractivity contribution in [2.45, 2.75) is 26.4 Å². The second kappa shape index (κ2) is 6.75. The number of aliphatic carboxylic acids is 1. The molecule has 0 aliphatic carbocycles. The van der Waals surface area contributed by atoms with E-state index < -0.39 is 18.1 Å². The lowest BCUT2D eigenvalue weighted by Gasteiger charge is -2.14. The van der Waals surface area contributed by atoms with Gasteiger partial charge in [0.1, 0.15) is 0 Å². The van der Waals surface area contributed by atoms with E-state index >= 15 is 0 Å². The van der Waals surface area contributed by atoms with Gasteiger partial charge in [0.2, 0.25) is 0 Å². The molecule has 2 amide bonds. The Labute approximate surface area is 111 Å². The predicted octanol–water partition coefficient (Wildman–Crippen LogP) is 1.12. The van der Waals surface area contributed by atoms with Gasteiger partial charge in [-0.15, -0.1) is 0 Å². The summed E-state index contributed by atoms with van der Waals surface area (Å²) in [4.78, 5) is 22.0. The smallest absolute Gasteiger partial charge is 0.334 e. The second-order valence-electron chi connectivity index (χ2n) is 4.15. The van der Waals surface area contributed by atoms with Crippen LogP contribution in [0.1, 0.15) is 18.1 Å². The second-order valence-corrected chi connectivity index (χ2v) is 4.15. The molecule has 0 saturated carbocycles. The number of carboxylic acid groups (broad SMARTS) is 1. The zero-order valence-corrected chi connectivity index (χ0v) is 10.9. The van der Waals surface area contributed by atoms with Crippen molar-refractivity contribution in [3.05, 3.63) is 29.3 Å². The molecule has 1 aromatic rings. The van der Waals surface area contributed by atoms with E-state index in [-0.39, 0.29) is 6.54 Å². The largest absolute Gasteiger partial charge is 0.479 e. The average molecular weight is 266 g/mol. The summed E-state index contributed by atoms with van der Waals surface area (Å²) in [6, 6.07) is 5.16. The van der Waals surface area contributed by atoms with Gasteiger partial charge in [-0.3, -0.25) is 0 Å². The molecular formula is C13H18N2O4. The van der Waals surface area contributed by atoms with Crippen LogP contribution in [-0.2, 0) is 11.2 Å². The molecule has 104 valence electrons. The number of aliphatic hydroxyl groups is 1. The molecule has 0 radical (unpaired) electrons. The van der Waals surface area contributed by atoms with Gasteiger partial charge in [0.05, 0.1) is 6.54 Å². The van der Waals surface area contributed by atoms with Gasteiger partial charge in [0.25, 0.3) is 0 Å². The lowest BCUT2D eigenvalue weighted by Crippen LogP contribution is -2.38. The van der Waals surface area contributed by atoms with Gasteiger partial charge in [-0.05, 0) is 24.5 Å². The Bertz CT molecular complexity index is 474. The van der Waals surface area contributed by atoms with Crippen molar-refractivity contribution in [3.63, 3.8) is 0 Å². The van der Waals surface area contributed by atoms with E-state index in [4.69, 9.17) is 10.2 Å². The van der Waals surface area contributed by atoms with Gasteiger partial charge in [0.15, 0.2) is 6.10 Å². The van der Waals surface area contributed by atoms with E-state index in [1.165, 1.54) is 0 Å². The maximum atomic E-state index is 11.6. The Morgan fingerprint density at radius 3 is 2.63 bits per heavy atom. The van der Waals surface area contributed by atoms with Crippen LogP contribution in [0.3, 0.4) is 0 Å². The molecule has 1 aromatic carbocycles. The monoisotopic (exact) mass is 266 g/mol. The standard InChI is InChI=1S/C13H18N2O4/c1-3-9-6-4-5-8(2)11(9)15-13(19)14-7-10(16)12(17)18/h4-6,10,16H,3,7H2,1-2H3,(H,17,18)(H2,14,15,19). The topological polar surface area (TPSA) is 98.7 Å². The van der Waals surface area contributed by atoms with Crippen LogP contribution in [0.15, 0.2) is 18.2 Å². The van der Waals surface area contributed by atoms with Crippen molar-refractivity contribution < 1.29 is 19.8 Å². The Morgan fingerprint density at radius 1 is 1.37 bits per heavy atom. The minimum atomic E-state index is -1.60. The summed E-state index contributed by atoms with van der Waals surface area (Å²) in [7, 11) is 0. The maximum Gasteiger partial charge on any atom is 0.334 e. The Hall–Kier alpha value is -2.08. The molecule has 4 N–H and O–H groups in total. The number of aliphatic hydroxyl groups excluding tert-OH is 1. The summed E-state index contributed by atoms with van der Waals surface area (Å²) in [6.45, 7) is 3.52. The highest BCUT2D eigenvalue weighted by molar-refractivity contribution is 5.91. The van der Waals surface area contributed by atoms with Gasteiger partial charge < -0.3 is 20.8 Å². The van der Waals surface area contributed by atoms with Crippen LogP contribution in [-0.4, -0.2) is 34.9 Å². The molecule has 0 aliphatic heterocycles. The fourth-order valence-corrected chi connectivity index (χ4v) is 1.64. The molecule has 1 rings (SSSR count). The third-order valence-electron chi connectivity index (χ3n) is 2.72. The molecule has 19 heavy (non-hydrogen) atoms. The van der Waals surface area contributed by atoms with Gasteiger partial charge in [-0.2, -0.15) is 0 Å². The first-order valence-electron chi connectivity index (χ1n) is 6.00. The molecule has 6 heteroatoms. The molecule has 0 aliphatic rings. The Kier molecular flexibility index (Phi) is 5.32. The zero-order chi connectivity index (χ0) is 14.4. The number of carboxylic acids is 1. The van der Waals surface area contributed by atoms with Crippen molar-refractivity contribution in [1.29, 1.82) is 0 Å². The van der Waals surface area contributed by atoms with Gasteiger partial charge >= 0.3 is 12.0 Å². The first-order chi connectivity index (χ1) is 8.95. The summed E-state index contributed by atoms with van der Waals surface area (Å²) in [5.41, 5.74) is 2.63. The Balaban J connectivity index is 2.65. The first kappa shape index (κ1) is 15.0. The number of nitrogens with one attached hydrogen (secondary N) is 2. The van der Waals surface area contributed by atoms with Gasteiger partial charge in [0, 0.05) is 5.69 Å². The first-order valence-corrected chi connectivity index (χ1v) is 6.00. The molecule has 0 fully saturated rings. The Morgan fingerprint density at radius 2 is 2.05 bits per heavy atom. The van der Waals surface area contributed by atoms with Crippen LogP contribution in [0.2, 0.25) is 0 Å². The highest BCUT2D eigenvalue weighted by Crippen LogP contribution is 2.20. The van der Waals surface area contributed by atoms with Gasteiger partial charge in [-0.25, -0.2) is 9.59 Å². The average Bonchev–Trinajstić information content (AvgIpc) is 2.38. The zero-order valence-electron chi connectivity index (χ0n) is 10.9.